The number of hydrogen-bond acceptors (Lipinski definition) is 21. The van der Waals surface area contributed by atoms with Gasteiger partial charge in [0.25, 0.3) is 0 Å². The van der Waals surface area contributed by atoms with Crippen LogP contribution in [0.1, 0.15) is 187 Å². The molecular formula is C100H112F4N20O6. The number of nitrogen functional groups attached to an aromatic ring is 2. The van der Waals surface area contributed by atoms with E-state index in [9.17, 15) is 22.4 Å². The number of aromatic nitrogens is 18. The third-order valence-corrected chi connectivity index (χ3v) is 25.8. The molecule has 0 amide bonds. The zero-order valence-corrected chi connectivity index (χ0v) is 75.5. The standard InChI is InChI=1S/C26H29FN4O2.C25H28FN5O2.C25H28FN5O.C24H27FN6O/c1-16-24(17(2)33-29-16)20-11-22-25(28-12-20)21(19-5-6-23(32)30(4)14-19)15-31(22)13-18-7-9-26(3,27)10-8-18;1-15-22(16(2)33-30-15)18-9-21-23(27-10-18)20(19-11-28-24(32-4)29-12-19)14-31(21)13-17-5-7-25(3,26)8-6-17;1-15-23(16(2)32-30-15)19-10-21-24(29-12-19)20(18-4-5-22(27)28-11-18)14-31(21)13-17-6-8-25(3,26)9-7-17;1-14-21(15(2)32-30-14)17-8-20-22(27-9-17)19(18-10-28-23(26)29-11-18)13-31(20)12-16-4-6-24(3,25)7-5-16/h5-6,11-12,14-15,18H,7-10,13H2,1-4H3;9-12,14,17H,5-8,13H2,1-4H3;4-5,10-12,14,17H,6-9,13H2,1-3H3,(H2,27,28);8-11,13,16H,4-7,12H2,1-3H3,(H2,26,28,29)/i3*13D2;12D2. The molecule has 20 rings (SSSR count). The van der Waals surface area contributed by atoms with E-state index in [2.05, 4.69) is 45.5 Å². The summed E-state index contributed by atoms with van der Waals surface area (Å²) in [4.78, 5) is 51.7. The minimum atomic E-state index is -1.76. The molecule has 0 bridgehead atoms. The second kappa shape index (κ2) is 36.1. The van der Waals surface area contributed by atoms with Gasteiger partial charge in [-0.3, -0.25) is 24.7 Å². The maximum absolute atomic E-state index is 14.5. The third kappa shape index (κ3) is 19.1. The summed E-state index contributed by atoms with van der Waals surface area (Å²) in [5, 5.41) is 16.2. The Balaban J connectivity index is 0.000000127. The van der Waals surface area contributed by atoms with Crippen LogP contribution in [-0.4, -0.2) is 118 Å². The van der Waals surface area contributed by atoms with Crippen molar-refractivity contribution < 1.29 is 51.4 Å². The molecule has 676 valence electrons. The summed E-state index contributed by atoms with van der Waals surface area (Å²) in [6.07, 6.45) is 30.5. The summed E-state index contributed by atoms with van der Waals surface area (Å²) in [5.74, 6) is 1.94. The van der Waals surface area contributed by atoms with Gasteiger partial charge in [0.05, 0.1) is 85.0 Å². The van der Waals surface area contributed by atoms with Crippen LogP contribution in [-0.2, 0) is 33.0 Å². The molecule has 4 N–H and O–H groups in total. The highest BCUT2D eigenvalue weighted by Crippen LogP contribution is 2.46. The summed E-state index contributed by atoms with van der Waals surface area (Å²) in [6, 6.07) is 14.7. The predicted octanol–water partition coefficient (Wildman–Crippen LogP) is 22.4. The Morgan fingerprint density at radius 1 is 0.377 bits per heavy atom. The van der Waals surface area contributed by atoms with Crippen molar-refractivity contribution in [3.63, 3.8) is 0 Å². The Morgan fingerprint density at radius 2 is 0.646 bits per heavy atom. The number of alkyl halides is 4. The van der Waals surface area contributed by atoms with Crippen molar-refractivity contribution in [2.24, 2.45) is 30.7 Å². The van der Waals surface area contributed by atoms with Gasteiger partial charge in [-0.05, 0) is 252 Å². The van der Waals surface area contributed by atoms with E-state index < -0.39 is 48.7 Å². The van der Waals surface area contributed by atoms with Gasteiger partial charge in [0.2, 0.25) is 11.5 Å². The van der Waals surface area contributed by atoms with Crippen molar-refractivity contribution in [3.8, 4) is 95.0 Å². The van der Waals surface area contributed by atoms with Crippen LogP contribution in [0.4, 0.5) is 29.3 Å². The Bertz CT molecular complexity index is 6970. The highest BCUT2D eigenvalue weighted by Gasteiger charge is 2.36. The van der Waals surface area contributed by atoms with Crippen LogP contribution in [0.5, 0.6) is 6.01 Å². The van der Waals surface area contributed by atoms with Gasteiger partial charge in [-0.2, -0.15) is 0 Å². The van der Waals surface area contributed by atoms with Gasteiger partial charge < -0.3 is 57.1 Å². The van der Waals surface area contributed by atoms with E-state index in [1.165, 1.54) is 17.7 Å². The maximum atomic E-state index is 14.5. The number of nitrogens with zero attached hydrogens (tertiary/aromatic N) is 18. The van der Waals surface area contributed by atoms with Crippen LogP contribution in [0, 0.1) is 79.1 Å². The highest BCUT2D eigenvalue weighted by atomic mass is 19.2. The minimum absolute atomic E-state index is 0.127. The number of halogens is 4. The number of anilines is 2. The number of ether oxygens (including phenoxy) is 1. The number of nitrogens with two attached hydrogens (primary N) is 2. The van der Waals surface area contributed by atoms with Gasteiger partial charge in [-0.1, -0.05) is 20.6 Å². The number of rotatable bonds is 17. The Morgan fingerprint density at radius 3 is 0.915 bits per heavy atom. The molecule has 16 aromatic heterocycles. The van der Waals surface area contributed by atoms with Gasteiger partial charge in [0, 0.05) is 215 Å². The normalized spacial score (nSPS) is 22.5. The van der Waals surface area contributed by atoms with Crippen molar-refractivity contribution in [1.82, 2.24) is 88.3 Å². The smallest absolute Gasteiger partial charge is 0.316 e. The second-order valence-electron chi connectivity index (χ2n) is 36.2. The Kier molecular flexibility index (Phi) is 22.0. The van der Waals surface area contributed by atoms with Crippen LogP contribution >= 0.6 is 0 Å². The van der Waals surface area contributed by atoms with E-state index in [1.54, 1.807) is 152 Å². The Labute approximate surface area is 762 Å². The van der Waals surface area contributed by atoms with Crippen molar-refractivity contribution in [2.75, 3.05) is 18.6 Å². The number of hydrogen-bond donors (Lipinski definition) is 2. The lowest BCUT2D eigenvalue weighted by Crippen LogP contribution is -2.27. The molecule has 4 aliphatic carbocycles. The minimum Gasteiger partial charge on any atom is -0.467 e. The first-order valence-electron chi connectivity index (χ1n) is 48.1. The number of pyridine rings is 6. The topological polar surface area (TPSA) is 323 Å². The van der Waals surface area contributed by atoms with Crippen molar-refractivity contribution >= 4 is 55.9 Å². The fourth-order valence-electron chi connectivity index (χ4n) is 18.4. The van der Waals surface area contributed by atoms with Crippen LogP contribution in [0.2, 0.25) is 0 Å². The molecule has 130 heavy (non-hydrogen) atoms. The maximum Gasteiger partial charge on any atom is 0.316 e. The molecular weight excluding hydrogens is 1650 g/mol. The lowest BCUT2D eigenvalue weighted by Gasteiger charge is -2.31. The number of fused-ring (bicyclic) bond motifs is 4. The molecule has 16 heterocycles. The van der Waals surface area contributed by atoms with Gasteiger partial charge in [0.15, 0.2) is 0 Å². The van der Waals surface area contributed by atoms with Gasteiger partial charge in [-0.15, -0.1) is 0 Å². The molecule has 0 saturated heterocycles. The molecule has 0 aromatic carbocycles. The number of aryl methyl sites for hydroxylation is 9. The largest absolute Gasteiger partial charge is 0.467 e. The van der Waals surface area contributed by atoms with E-state index in [0.717, 1.165) is 89.5 Å². The van der Waals surface area contributed by atoms with E-state index in [0.29, 0.717) is 198 Å². The van der Waals surface area contributed by atoms with Crippen molar-refractivity contribution in [1.29, 1.82) is 0 Å². The first-order chi connectivity index (χ1) is 65.2. The first kappa shape index (κ1) is 79.2. The summed E-state index contributed by atoms with van der Waals surface area (Å²) >= 11 is 0. The van der Waals surface area contributed by atoms with Crippen LogP contribution < -0.4 is 21.8 Å². The Hall–Kier alpha value is -13.0. The molecule has 0 aliphatic heterocycles. The summed E-state index contributed by atoms with van der Waals surface area (Å²) < 4.78 is 165. The molecule has 0 spiro atoms. The van der Waals surface area contributed by atoms with E-state index in [4.69, 9.17) is 65.2 Å². The molecule has 4 saturated carbocycles. The van der Waals surface area contributed by atoms with E-state index in [1.807, 2.05) is 85.7 Å². The van der Waals surface area contributed by atoms with Crippen molar-refractivity contribution in [3.05, 3.63) is 191 Å². The average molecular weight is 1770 g/mol. The zero-order valence-electron chi connectivity index (χ0n) is 83.5. The molecule has 0 atom stereocenters. The predicted molar refractivity (Wildman–Crippen MR) is 496 cm³/mol. The highest BCUT2D eigenvalue weighted by molar-refractivity contribution is 5.98. The fraction of sp³-hybridized carbons (Fsp3) is 0.420. The van der Waals surface area contributed by atoms with Crippen LogP contribution in [0.3, 0.4) is 0 Å². The van der Waals surface area contributed by atoms with Crippen LogP contribution in [0.25, 0.3) is 133 Å². The molecule has 4 fully saturated rings. The van der Waals surface area contributed by atoms with E-state index in [-0.39, 0.29) is 41.2 Å². The quantitative estimate of drug-likeness (QED) is 0.0800. The molecule has 0 radical (unpaired) electrons. The summed E-state index contributed by atoms with van der Waals surface area (Å²) in [5.41, 5.74) is 26.8. The molecule has 16 aromatic rings. The van der Waals surface area contributed by atoms with Crippen LogP contribution in [0.15, 0.2) is 158 Å². The molecule has 26 nitrogen and oxygen atoms in total. The second-order valence-corrected chi connectivity index (χ2v) is 36.2. The van der Waals surface area contributed by atoms with Gasteiger partial charge in [-0.25, -0.2) is 42.5 Å². The fourth-order valence-corrected chi connectivity index (χ4v) is 18.4. The van der Waals surface area contributed by atoms with Gasteiger partial charge in [0.1, 0.15) is 51.5 Å². The number of methoxy groups -OCH3 is 1. The monoisotopic (exact) mass is 1770 g/mol. The first-order valence-corrected chi connectivity index (χ1v) is 44.1. The lowest BCUT2D eigenvalue weighted by molar-refractivity contribution is 0.0982. The SMILES string of the molecule is [2H]C([2H])(C1CCC(C)(F)CC1)n1cc(-c2ccc(=O)n(C)c2)c2ncc(-c3c(C)noc3C)cc21.[2H]C([2H])(C1CCC(C)(F)CC1)n1cc(-c2ccc(N)nc2)c2ncc(-c3c(C)noc3C)cc21.[2H]C([2H])(C1CCC(C)(F)CC1)n1cc(-c2cnc(N)nc2)c2ncc(-c3c(C)noc3C)cc21.[2H]C([2H])(C1CCC(C)(F)CC1)n1cc(-c2cnc(OC)nc2)c2ncc(-c3c(C)noc3C)cc21. The average Bonchev–Trinajstić information content (AvgIpc) is 1.60. The molecule has 30 heteroatoms. The lowest BCUT2D eigenvalue weighted by atomic mass is 9.81. The van der Waals surface area contributed by atoms with Crippen molar-refractivity contribution in [2.45, 2.75) is 234 Å². The molecule has 0 unspecified atom stereocenters. The van der Waals surface area contributed by atoms with Gasteiger partial charge >= 0.3 is 6.01 Å². The zero-order chi connectivity index (χ0) is 98.6. The van der Waals surface area contributed by atoms with E-state index >= 15 is 0 Å². The third-order valence-electron chi connectivity index (χ3n) is 25.8. The summed E-state index contributed by atoms with van der Waals surface area (Å²) in [6.45, 7) is 14.2. The molecule has 4 aliphatic rings. The summed E-state index contributed by atoms with van der Waals surface area (Å²) in [7, 11) is 3.18.